The molecule has 2 aliphatic rings. The Morgan fingerprint density at radius 3 is 1.85 bits per heavy atom. The first kappa shape index (κ1) is 30.1. The zero-order chi connectivity index (χ0) is 35.2. The lowest BCUT2D eigenvalue weighted by Gasteiger charge is -2.31. The molecule has 53 heavy (non-hydrogen) atoms. The van der Waals surface area contributed by atoms with Gasteiger partial charge in [-0.1, -0.05) is 109 Å². The second kappa shape index (κ2) is 11.5. The Labute approximate surface area is 308 Å². The Morgan fingerprint density at radius 1 is 0.491 bits per heavy atom. The Hall–Kier alpha value is -6.58. The summed E-state index contributed by atoms with van der Waals surface area (Å²) in [7, 11) is 0. The van der Waals surface area contributed by atoms with Crippen molar-refractivity contribution in [2.45, 2.75) is 25.8 Å². The third-order valence-electron chi connectivity index (χ3n) is 11.7. The van der Waals surface area contributed by atoms with Crippen molar-refractivity contribution in [3.05, 3.63) is 192 Å². The molecule has 1 aliphatic carbocycles. The topological polar surface area (TPSA) is 24.0 Å². The van der Waals surface area contributed by atoms with E-state index in [9.17, 15) is 0 Å². The van der Waals surface area contributed by atoms with Crippen LogP contribution < -0.4 is 4.90 Å². The fraction of sp³-hybridized carbons (Fsp3) is 0.0800. The molecule has 11 rings (SSSR count). The molecule has 252 valence electrons. The summed E-state index contributed by atoms with van der Waals surface area (Å²) >= 11 is 0. The number of aromatic amines is 1. The molecule has 0 saturated heterocycles. The van der Waals surface area contributed by atoms with Gasteiger partial charge in [0.1, 0.15) is 0 Å². The van der Waals surface area contributed by atoms with E-state index in [0.717, 1.165) is 11.0 Å². The number of nitrogens with zero attached hydrogens (tertiary/aromatic N) is 2. The highest BCUT2D eigenvalue weighted by Crippen LogP contribution is 2.50. The predicted octanol–water partition coefficient (Wildman–Crippen LogP) is 13.0. The lowest BCUT2D eigenvalue weighted by atomic mass is 9.86. The van der Waals surface area contributed by atoms with Crippen LogP contribution in [0.4, 0.5) is 11.4 Å². The molecular weight excluding hydrogens is 643 g/mol. The van der Waals surface area contributed by atoms with Gasteiger partial charge in [-0.15, -0.1) is 0 Å². The molecule has 1 aliphatic heterocycles. The van der Waals surface area contributed by atoms with Gasteiger partial charge in [0.25, 0.3) is 0 Å². The first-order valence-electron chi connectivity index (χ1n) is 18.6. The van der Waals surface area contributed by atoms with Gasteiger partial charge in [-0.25, -0.2) is 0 Å². The van der Waals surface area contributed by atoms with Crippen molar-refractivity contribution in [1.82, 2.24) is 9.55 Å². The highest BCUT2D eigenvalue weighted by molar-refractivity contribution is 6.12. The molecular formula is C50H37N3. The summed E-state index contributed by atoms with van der Waals surface area (Å²) in [6.45, 7) is 4.41. The summed E-state index contributed by atoms with van der Waals surface area (Å²) in [6, 6.07) is 56.1. The molecule has 0 bridgehead atoms. The lowest BCUT2D eigenvalue weighted by Crippen LogP contribution is -2.29. The number of benzene rings is 7. The molecule has 3 nitrogen and oxygen atoms in total. The van der Waals surface area contributed by atoms with Gasteiger partial charge in [-0.2, -0.15) is 0 Å². The molecule has 7 aromatic carbocycles. The van der Waals surface area contributed by atoms with E-state index in [1.54, 1.807) is 0 Å². The van der Waals surface area contributed by atoms with E-state index in [0.29, 0.717) is 0 Å². The molecule has 1 N–H and O–H groups in total. The number of para-hydroxylation sites is 4. The third-order valence-corrected chi connectivity index (χ3v) is 11.7. The van der Waals surface area contributed by atoms with Crippen molar-refractivity contribution in [3.63, 3.8) is 0 Å². The highest BCUT2D eigenvalue weighted by atomic mass is 15.2. The van der Waals surface area contributed by atoms with E-state index in [4.69, 9.17) is 0 Å². The van der Waals surface area contributed by atoms with Crippen LogP contribution in [0.1, 0.15) is 28.2 Å². The zero-order valence-electron chi connectivity index (χ0n) is 29.7. The van der Waals surface area contributed by atoms with Crippen LogP contribution in [0.2, 0.25) is 0 Å². The fourth-order valence-electron chi connectivity index (χ4n) is 9.14. The van der Waals surface area contributed by atoms with Crippen LogP contribution in [0.15, 0.2) is 170 Å². The van der Waals surface area contributed by atoms with Crippen molar-refractivity contribution in [2.75, 3.05) is 4.90 Å². The minimum Gasteiger partial charge on any atom is -0.355 e. The van der Waals surface area contributed by atoms with E-state index in [2.05, 4.69) is 198 Å². The van der Waals surface area contributed by atoms with E-state index in [1.165, 1.54) is 88.6 Å². The van der Waals surface area contributed by atoms with Crippen LogP contribution in [-0.2, 0) is 0 Å². The van der Waals surface area contributed by atoms with E-state index >= 15 is 0 Å². The number of H-pyrrole nitrogens is 1. The summed E-state index contributed by atoms with van der Waals surface area (Å²) in [5.41, 5.74) is 17.5. The highest BCUT2D eigenvalue weighted by Gasteiger charge is 2.38. The monoisotopic (exact) mass is 679 g/mol. The Morgan fingerprint density at radius 2 is 1.08 bits per heavy atom. The smallest absolute Gasteiger partial charge is 0.0630 e. The van der Waals surface area contributed by atoms with E-state index < -0.39 is 0 Å². The van der Waals surface area contributed by atoms with Gasteiger partial charge in [-0.05, 0) is 113 Å². The molecule has 0 amide bonds. The minimum absolute atomic E-state index is 0.250. The molecule has 0 spiro atoms. The Balaban J connectivity index is 0.998. The van der Waals surface area contributed by atoms with Gasteiger partial charge >= 0.3 is 0 Å². The van der Waals surface area contributed by atoms with Crippen LogP contribution in [0.3, 0.4) is 0 Å². The maximum Gasteiger partial charge on any atom is 0.0630 e. The van der Waals surface area contributed by atoms with E-state index in [-0.39, 0.29) is 12.0 Å². The van der Waals surface area contributed by atoms with Crippen LogP contribution in [0, 0.1) is 13.8 Å². The zero-order valence-corrected chi connectivity index (χ0v) is 29.7. The number of fused-ring (bicyclic) bond motifs is 9. The van der Waals surface area contributed by atoms with Crippen LogP contribution in [0.25, 0.3) is 66.0 Å². The van der Waals surface area contributed by atoms with Gasteiger partial charge in [-0.3, -0.25) is 0 Å². The summed E-state index contributed by atoms with van der Waals surface area (Å²) in [5.74, 6) is 0.280. The van der Waals surface area contributed by atoms with Gasteiger partial charge in [0.15, 0.2) is 0 Å². The second-order valence-corrected chi connectivity index (χ2v) is 14.7. The molecule has 0 fully saturated rings. The van der Waals surface area contributed by atoms with Gasteiger partial charge in [0.05, 0.1) is 17.1 Å². The third kappa shape index (κ3) is 4.53. The Bertz CT molecular complexity index is 3010. The van der Waals surface area contributed by atoms with Crippen LogP contribution in [-0.4, -0.2) is 15.6 Å². The van der Waals surface area contributed by atoms with Gasteiger partial charge in [0.2, 0.25) is 0 Å². The minimum atomic E-state index is 0.250. The predicted molar refractivity (Wildman–Crippen MR) is 224 cm³/mol. The average Bonchev–Trinajstić information content (AvgIpc) is 3.85. The molecule has 2 aromatic heterocycles. The number of aryl methyl sites for hydroxylation is 2. The van der Waals surface area contributed by atoms with Gasteiger partial charge in [0, 0.05) is 55.6 Å². The first-order valence-corrected chi connectivity index (χ1v) is 18.6. The van der Waals surface area contributed by atoms with Crippen molar-refractivity contribution < 1.29 is 0 Å². The SMILES string of the molecule is Cc1ccccc1N1c2ccccc2C2C=C(c3ccc4[nH]c5ccc(-c6ccc7c(c6)c6ccccc6n7-c6ccccc6C)cc5c4c3)C=CC21. The van der Waals surface area contributed by atoms with E-state index in [1.807, 2.05) is 0 Å². The normalized spacial score (nSPS) is 16.5. The van der Waals surface area contributed by atoms with Gasteiger partial charge < -0.3 is 14.5 Å². The average molecular weight is 680 g/mol. The molecule has 2 atom stereocenters. The molecule has 9 aromatic rings. The lowest BCUT2D eigenvalue weighted by molar-refractivity contribution is 0.746. The molecule has 2 unspecified atom stereocenters. The fourth-order valence-corrected chi connectivity index (χ4v) is 9.14. The molecule has 3 heterocycles. The van der Waals surface area contributed by atoms with Crippen molar-refractivity contribution in [3.8, 4) is 16.8 Å². The van der Waals surface area contributed by atoms with Crippen molar-refractivity contribution in [1.29, 1.82) is 0 Å². The summed E-state index contributed by atoms with van der Waals surface area (Å²) < 4.78 is 2.41. The number of nitrogens with one attached hydrogen (secondary N) is 1. The number of hydrogen-bond donors (Lipinski definition) is 1. The molecule has 0 saturated carbocycles. The number of hydrogen-bond acceptors (Lipinski definition) is 1. The molecule has 0 radical (unpaired) electrons. The standard InChI is InChI=1S/C50H37N3/c1-31-11-3-7-15-45(31)52-47-17-9-5-13-37(47)41-29-35(21-25-49(41)52)33-19-23-43-39(27-33)40-28-34(20-24-44(40)51-43)36-22-26-50-42(30-36)38-14-6-10-18-48(38)53(50)46-16-8-4-12-32(46)2/h3-30,41,49,51H,1-2H3. The summed E-state index contributed by atoms with van der Waals surface area (Å²) in [4.78, 5) is 6.23. The summed E-state index contributed by atoms with van der Waals surface area (Å²) in [5, 5.41) is 5.04. The summed E-state index contributed by atoms with van der Waals surface area (Å²) in [6.07, 6.45) is 7.24. The number of allylic oxidation sites excluding steroid dienone is 2. The maximum atomic E-state index is 3.70. The quantitative estimate of drug-likeness (QED) is 0.197. The van der Waals surface area contributed by atoms with Crippen LogP contribution >= 0.6 is 0 Å². The largest absolute Gasteiger partial charge is 0.355 e. The second-order valence-electron chi connectivity index (χ2n) is 14.7. The molecule has 3 heteroatoms. The van der Waals surface area contributed by atoms with Crippen molar-refractivity contribution in [2.24, 2.45) is 0 Å². The number of anilines is 2. The van der Waals surface area contributed by atoms with Crippen molar-refractivity contribution >= 4 is 60.6 Å². The first-order chi connectivity index (χ1) is 26.1. The Kier molecular flexibility index (Phi) is 6.51. The number of rotatable bonds is 4. The number of aromatic nitrogens is 2. The van der Waals surface area contributed by atoms with Crippen LogP contribution in [0.5, 0.6) is 0 Å². The maximum absolute atomic E-state index is 3.70.